The SMILES string of the molecule is COc1cc(C(=O)N2CCn3ccnc3C2)cc(OC)c1OC. The minimum Gasteiger partial charge on any atom is -0.493 e. The number of benzene rings is 1. The molecular formula is C16H19N3O4. The number of ether oxygens (including phenoxy) is 3. The molecule has 0 bridgehead atoms. The van der Waals surface area contributed by atoms with Crippen LogP contribution in [-0.4, -0.2) is 48.2 Å². The molecule has 0 saturated heterocycles. The van der Waals surface area contributed by atoms with Gasteiger partial charge in [-0.3, -0.25) is 4.79 Å². The van der Waals surface area contributed by atoms with E-state index < -0.39 is 0 Å². The van der Waals surface area contributed by atoms with E-state index in [9.17, 15) is 4.79 Å². The highest BCUT2D eigenvalue weighted by Crippen LogP contribution is 2.38. The number of hydrogen-bond donors (Lipinski definition) is 0. The predicted octanol–water partition coefficient (Wildman–Crippen LogP) is 1.56. The molecule has 7 heteroatoms. The average molecular weight is 317 g/mol. The number of nitrogens with zero attached hydrogens (tertiary/aromatic N) is 3. The van der Waals surface area contributed by atoms with E-state index in [2.05, 4.69) is 9.55 Å². The van der Waals surface area contributed by atoms with Crippen molar-refractivity contribution in [1.82, 2.24) is 14.5 Å². The molecule has 0 spiro atoms. The lowest BCUT2D eigenvalue weighted by atomic mass is 10.1. The fourth-order valence-electron chi connectivity index (χ4n) is 2.73. The first-order chi connectivity index (χ1) is 11.2. The summed E-state index contributed by atoms with van der Waals surface area (Å²) < 4.78 is 18.0. The first-order valence-electron chi connectivity index (χ1n) is 7.27. The first kappa shape index (κ1) is 15.2. The third-order valence-electron chi connectivity index (χ3n) is 3.94. The van der Waals surface area contributed by atoms with E-state index >= 15 is 0 Å². The molecule has 2 aromatic rings. The molecule has 0 atom stereocenters. The van der Waals surface area contributed by atoms with Crippen molar-refractivity contribution >= 4 is 5.91 Å². The molecule has 1 aromatic carbocycles. The van der Waals surface area contributed by atoms with Gasteiger partial charge in [0.1, 0.15) is 5.82 Å². The summed E-state index contributed by atoms with van der Waals surface area (Å²) in [5.74, 6) is 2.21. The van der Waals surface area contributed by atoms with Crippen LogP contribution in [0.5, 0.6) is 17.2 Å². The van der Waals surface area contributed by atoms with Gasteiger partial charge >= 0.3 is 0 Å². The van der Waals surface area contributed by atoms with Crippen molar-refractivity contribution in [2.45, 2.75) is 13.1 Å². The monoisotopic (exact) mass is 317 g/mol. The maximum Gasteiger partial charge on any atom is 0.254 e. The highest BCUT2D eigenvalue weighted by molar-refractivity contribution is 5.95. The van der Waals surface area contributed by atoms with Crippen LogP contribution in [0.4, 0.5) is 0 Å². The number of aromatic nitrogens is 2. The zero-order valence-electron chi connectivity index (χ0n) is 13.4. The topological polar surface area (TPSA) is 65.8 Å². The van der Waals surface area contributed by atoms with Crippen molar-refractivity contribution in [3.8, 4) is 17.2 Å². The zero-order valence-corrected chi connectivity index (χ0v) is 13.4. The molecule has 3 rings (SSSR count). The molecule has 23 heavy (non-hydrogen) atoms. The molecule has 0 aliphatic carbocycles. The molecule has 0 radical (unpaired) electrons. The fraction of sp³-hybridized carbons (Fsp3) is 0.375. The highest BCUT2D eigenvalue weighted by Gasteiger charge is 2.24. The third-order valence-corrected chi connectivity index (χ3v) is 3.94. The lowest BCUT2D eigenvalue weighted by molar-refractivity contribution is 0.0706. The van der Waals surface area contributed by atoms with E-state index in [1.165, 1.54) is 21.3 Å². The smallest absolute Gasteiger partial charge is 0.254 e. The number of rotatable bonds is 4. The number of hydrogen-bond acceptors (Lipinski definition) is 5. The van der Waals surface area contributed by atoms with Crippen molar-refractivity contribution in [2.24, 2.45) is 0 Å². The van der Waals surface area contributed by atoms with Crippen molar-refractivity contribution in [2.75, 3.05) is 27.9 Å². The lowest BCUT2D eigenvalue weighted by Crippen LogP contribution is -2.38. The van der Waals surface area contributed by atoms with Gasteiger partial charge < -0.3 is 23.7 Å². The van der Waals surface area contributed by atoms with Gasteiger partial charge in [-0.1, -0.05) is 0 Å². The third kappa shape index (κ3) is 2.69. The van der Waals surface area contributed by atoms with Gasteiger partial charge in [0.2, 0.25) is 5.75 Å². The van der Waals surface area contributed by atoms with Crippen molar-refractivity contribution in [3.05, 3.63) is 35.9 Å². The average Bonchev–Trinajstić information content (AvgIpc) is 3.07. The number of imidazole rings is 1. The first-order valence-corrected chi connectivity index (χ1v) is 7.27. The maximum absolute atomic E-state index is 12.8. The van der Waals surface area contributed by atoms with Gasteiger partial charge in [0.05, 0.1) is 27.9 Å². The van der Waals surface area contributed by atoms with Crippen molar-refractivity contribution in [1.29, 1.82) is 0 Å². The van der Waals surface area contributed by atoms with Gasteiger partial charge in [-0.15, -0.1) is 0 Å². The van der Waals surface area contributed by atoms with E-state index in [1.54, 1.807) is 23.2 Å². The van der Waals surface area contributed by atoms with Crippen LogP contribution in [0, 0.1) is 0 Å². The van der Waals surface area contributed by atoms with E-state index in [0.29, 0.717) is 35.9 Å². The van der Waals surface area contributed by atoms with E-state index in [1.807, 2.05) is 6.20 Å². The Morgan fingerprint density at radius 1 is 1.09 bits per heavy atom. The summed E-state index contributed by atoms with van der Waals surface area (Å²) in [5.41, 5.74) is 0.500. The van der Waals surface area contributed by atoms with Crippen LogP contribution in [0.3, 0.4) is 0 Å². The molecule has 0 unspecified atom stereocenters. The van der Waals surface area contributed by atoms with Crippen LogP contribution in [-0.2, 0) is 13.1 Å². The summed E-state index contributed by atoms with van der Waals surface area (Å²) in [5, 5.41) is 0. The molecule has 1 aromatic heterocycles. The number of carbonyl (C=O) groups excluding carboxylic acids is 1. The van der Waals surface area contributed by atoms with Crippen LogP contribution in [0.25, 0.3) is 0 Å². The Kier molecular flexibility index (Phi) is 4.10. The second kappa shape index (κ2) is 6.20. The Balaban J connectivity index is 1.91. The standard InChI is InChI=1S/C16H19N3O4/c1-21-12-8-11(9-13(22-2)15(12)23-3)16(20)19-7-6-18-5-4-17-14(18)10-19/h4-5,8-9H,6-7,10H2,1-3H3. The lowest BCUT2D eigenvalue weighted by Gasteiger charge is -2.28. The molecular weight excluding hydrogens is 298 g/mol. The second-order valence-electron chi connectivity index (χ2n) is 5.18. The van der Waals surface area contributed by atoms with Gasteiger partial charge in [-0.2, -0.15) is 0 Å². The second-order valence-corrected chi connectivity index (χ2v) is 5.18. The van der Waals surface area contributed by atoms with Gasteiger partial charge in [-0.25, -0.2) is 4.98 Å². The van der Waals surface area contributed by atoms with E-state index in [4.69, 9.17) is 14.2 Å². The van der Waals surface area contributed by atoms with E-state index in [-0.39, 0.29) is 5.91 Å². The summed E-state index contributed by atoms with van der Waals surface area (Å²) in [6, 6.07) is 3.34. The highest BCUT2D eigenvalue weighted by atomic mass is 16.5. The van der Waals surface area contributed by atoms with Crippen LogP contribution in [0.15, 0.2) is 24.5 Å². The summed E-state index contributed by atoms with van der Waals surface area (Å²) in [4.78, 5) is 18.8. The van der Waals surface area contributed by atoms with Crippen molar-refractivity contribution in [3.63, 3.8) is 0 Å². The molecule has 0 N–H and O–H groups in total. The fourth-order valence-corrected chi connectivity index (χ4v) is 2.73. The number of methoxy groups -OCH3 is 3. The molecule has 1 aliphatic rings. The maximum atomic E-state index is 12.8. The Morgan fingerprint density at radius 3 is 2.39 bits per heavy atom. The summed E-state index contributed by atoms with van der Waals surface area (Å²) in [6.07, 6.45) is 3.68. The number of fused-ring (bicyclic) bond motifs is 1. The molecule has 0 fully saturated rings. The summed E-state index contributed by atoms with van der Waals surface area (Å²) >= 11 is 0. The summed E-state index contributed by atoms with van der Waals surface area (Å²) in [7, 11) is 4.60. The molecule has 7 nitrogen and oxygen atoms in total. The minimum absolute atomic E-state index is 0.0847. The molecule has 122 valence electrons. The van der Waals surface area contributed by atoms with E-state index in [0.717, 1.165) is 12.4 Å². The quantitative estimate of drug-likeness (QED) is 0.856. The Bertz CT molecular complexity index is 701. The van der Waals surface area contributed by atoms with Crippen molar-refractivity contribution < 1.29 is 19.0 Å². The largest absolute Gasteiger partial charge is 0.493 e. The Hall–Kier alpha value is -2.70. The molecule has 1 aliphatic heterocycles. The number of carbonyl (C=O) groups is 1. The van der Waals surface area contributed by atoms with Gasteiger partial charge in [0.15, 0.2) is 11.5 Å². The minimum atomic E-state index is -0.0847. The normalized spacial score (nSPS) is 13.4. The molecule has 0 saturated carbocycles. The van der Waals surface area contributed by atoms with Crippen LogP contribution in [0.1, 0.15) is 16.2 Å². The number of amides is 1. The van der Waals surface area contributed by atoms with Crippen LogP contribution in [0.2, 0.25) is 0 Å². The zero-order chi connectivity index (χ0) is 16.4. The van der Waals surface area contributed by atoms with Crippen LogP contribution < -0.4 is 14.2 Å². The Labute approximate surface area is 134 Å². The predicted molar refractivity (Wildman–Crippen MR) is 83.1 cm³/mol. The molecule has 1 amide bonds. The summed E-state index contributed by atoms with van der Waals surface area (Å²) in [6.45, 7) is 1.87. The van der Waals surface area contributed by atoms with Gasteiger partial charge in [0, 0.05) is 31.0 Å². The molecule has 2 heterocycles. The van der Waals surface area contributed by atoms with Gasteiger partial charge in [0.25, 0.3) is 5.91 Å². The Morgan fingerprint density at radius 2 is 1.78 bits per heavy atom. The van der Waals surface area contributed by atoms with Gasteiger partial charge in [-0.05, 0) is 12.1 Å². The van der Waals surface area contributed by atoms with Crippen LogP contribution >= 0.6 is 0 Å².